The number of carboxylic acids is 1. The molecule has 1 aromatic rings. The zero-order valence-corrected chi connectivity index (χ0v) is 10.5. The summed E-state index contributed by atoms with van der Waals surface area (Å²) >= 11 is 0. The highest BCUT2D eigenvalue weighted by molar-refractivity contribution is 6.05. The quantitative estimate of drug-likeness (QED) is 0.881. The number of anilines is 1. The summed E-state index contributed by atoms with van der Waals surface area (Å²) in [4.78, 5) is 22.8. The number of rotatable bonds is 3. The number of carbonyl (C=O) groups is 2. The lowest BCUT2D eigenvalue weighted by Crippen LogP contribution is -2.15. The first-order valence-corrected chi connectivity index (χ1v) is 6.02. The molecule has 0 atom stereocenters. The van der Waals surface area contributed by atoms with Crippen LogP contribution >= 0.6 is 0 Å². The Morgan fingerprint density at radius 1 is 1.32 bits per heavy atom. The van der Waals surface area contributed by atoms with Gasteiger partial charge >= 0.3 is 5.97 Å². The third-order valence-corrected chi connectivity index (χ3v) is 3.23. The average Bonchev–Trinajstić information content (AvgIpc) is 2.78. The van der Waals surface area contributed by atoms with Crippen molar-refractivity contribution < 1.29 is 19.1 Å². The van der Waals surface area contributed by atoms with Crippen LogP contribution < -0.4 is 5.32 Å². The largest absolute Gasteiger partial charge is 0.478 e. The third kappa shape index (κ3) is 2.81. The smallest absolute Gasteiger partial charge is 0.335 e. The topological polar surface area (TPSA) is 66.4 Å². The first-order valence-electron chi connectivity index (χ1n) is 6.02. The molecule has 0 radical (unpaired) electrons. The molecule has 0 fully saturated rings. The lowest BCUT2D eigenvalue weighted by atomic mass is 10.1. The first-order chi connectivity index (χ1) is 8.99. The molecule has 0 saturated carbocycles. The van der Waals surface area contributed by atoms with Crippen molar-refractivity contribution in [3.05, 3.63) is 40.7 Å². The van der Waals surface area contributed by atoms with Crippen LogP contribution in [0.4, 0.5) is 10.1 Å². The molecular weight excluding hydrogens is 249 g/mol. The Labute approximate surface area is 109 Å². The maximum atomic E-state index is 13.6. The van der Waals surface area contributed by atoms with Gasteiger partial charge in [-0.3, -0.25) is 4.79 Å². The standard InChI is InChI=1S/C14H14FNO3/c1-8-3-2-4-10(8)13(17)16-12-7-9(14(18)19)5-6-11(12)15/h5-7H,2-4H2,1H3,(H,16,17)(H,18,19). The predicted molar refractivity (Wildman–Crippen MR) is 68.5 cm³/mol. The van der Waals surface area contributed by atoms with Gasteiger partial charge in [-0.25, -0.2) is 9.18 Å². The first kappa shape index (κ1) is 13.3. The van der Waals surface area contributed by atoms with Crippen molar-refractivity contribution in [1.82, 2.24) is 0 Å². The summed E-state index contributed by atoms with van der Waals surface area (Å²) in [5.41, 5.74) is 1.51. The molecule has 0 spiro atoms. The maximum Gasteiger partial charge on any atom is 0.335 e. The van der Waals surface area contributed by atoms with Crippen LogP contribution in [0.5, 0.6) is 0 Å². The second-order valence-corrected chi connectivity index (χ2v) is 4.57. The van der Waals surface area contributed by atoms with Crippen molar-refractivity contribution in [1.29, 1.82) is 0 Å². The number of benzene rings is 1. The van der Waals surface area contributed by atoms with Gasteiger partial charge in [0.1, 0.15) is 5.82 Å². The van der Waals surface area contributed by atoms with Crippen LogP contribution in [0.15, 0.2) is 29.3 Å². The van der Waals surface area contributed by atoms with Gasteiger partial charge in [0.05, 0.1) is 11.3 Å². The highest BCUT2D eigenvalue weighted by Gasteiger charge is 2.19. The van der Waals surface area contributed by atoms with Crippen LogP contribution in [0.3, 0.4) is 0 Å². The van der Waals surface area contributed by atoms with Crippen molar-refractivity contribution in [2.24, 2.45) is 0 Å². The average molecular weight is 263 g/mol. The Bertz CT molecular complexity index is 578. The summed E-state index contributed by atoms with van der Waals surface area (Å²) in [7, 11) is 0. The molecule has 0 unspecified atom stereocenters. The molecule has 0 aromatic heterocycles. The van der Waals surface area contributed by atoms with Gasteiger partial charge < -0.3 is 10.4 Å². The van der Waals surface area contributed by atoms with E-state index in [1.54, 1.807) is 0 Å². The minimum absolute atomic E-state index is 0.0613. The lowest BCUT2D eigenvalue weighted by molar-refractivity contribution is -0.113. The highest BCUT2D eigenvalue weighted by atomic mass is 19.1. The van der Waals surface area contributed by atoms with Crippen molar-refractivity contribution in [2.75, 3.05) is 5.32 Å². The Balaban J connectivity index is 2.23. The van der Waals surface area contributed by atoms with E-state index < -0.39 is 11.8 Å². The van der Waals surface area contributed by atoms with E-state index in [0.717, 1.165) is 36.6 Å². The second kappa shape index (κ2) is 5.22. The van der Waals surface area contributed by atoms with Crippen LogP contribution in [0, 0.1) is 5.82 Å². The number of nitrogens with one attached hydrogen (secondary N) is 1. The number of hydrogen-bond acceptors (Lipinski definition) is 2. The van der Waals surface area contributed by atoms with Crippen molar-refractivity contribution in [3.63, 3.8) is 0 Å². The predicted octanol–water partition coefficient (Wildman–Crippen LogP) is 2.96. The van der Waals surface area contributed by atoms with Crippen LogP contribution in [0.1, 0.15) is 36.5 Å². The van der Waals surface area contributed by atoms with Gasteiger partial charge in [-0.2, -0.15) is 0 Å². The Hall–Kier alpha value is -2.17. The molecule has 5 heteroatoms. The molecule has 100 valence electrons. The van der Waals surface area contributed by atoms with Crippen LogP contribution in [-0.2, 0) is 4.79 Å². The molecular formula is C14H14FNO3. The number of hydrogen-bond donors (Lipinski definition) is 2. The molecule has 1 aliphatic rings. The maximum absolute atomic E-state index is 13.6. The summed E-state index contributed by atoms with van der Waals surface area (Å²) in [5.74, 6) is -2.15. The van der Waals surface area contributed by atoms with E-state index >= 15 is 0 Å². The molecule has 1 amide bonds. The van der Waals surface area contributed by atoms with Crippen LogP contribution in [0.25, 0.3) is 0 Å². The molecule has 0 bridgehead atoms. The number of allylic oxidation sites excluding steroid dienone is 1. The van der Waals surface area contributed by atoms with Gasteiger partial charge in [0.25, 0.3) is 5.91 Å². The molecule has 1 aromatic carbocycles. The minimum atomic E-state index is -1.16. The van der Waals surface area contributed by atoms with E-state index in [9.17, 15) is 14.0 Å². The molecule has 0 aliphatic heterocycles. The molecule has 0 heterocycles. The summed E-state index contributed by atoms with van der Waals surface area (Å²) in [6.45, 7) is 1.88. The van der Waals surface area contributed by atoms with Gasteiger partial charge in [0.15, 0.2) is 0 Å². The molecule has 4 nitrogen and oxygen atoms in total. The molecule has 0 saturated heterocycles. The number of halogens is 1. The van der Waals surface area contributed by atoms with Gasteiger partial charge in [0, 0.05) is 5.57 Å². The van der Waals surface area contributed by atoms with Crippen molar-refractivity contribution in [2.45, 2.75) is 26.2 Å². The zero-order valence-electron chi connectivity index (χ0n) is 10.5. The van der Waals surface area contributed by atoms with E-state index in [1.165, 1.54) is 0 Å². The zero-order chi connectivity index (χ0) is 14.0. The molecule has 2 rings (SSSR count). The summed E-state index contributed by atoms with van der Waals surface area (Å²) in [5, 5.41) is 11.3. The number of aromatic carboxylic acids is 1. The highest BCUT2D eigenvalue weighted by Crippen LogP contribution is 2.27. The summed E-state index contributed by atoms with van der Waals surface area (Å²) in [6, 6.07) is 3.32. The Morgan fingerprint density at radius 3 is 2.63 bits per heavy atom. The van der Waals surface area contributed by atoms with Crippen LogP contribution in [0.2, 0.25) is 0 Å². The van der Waals surface area contributed by atoms with Crippen LogP contribution in [-0.4, -0.2) is 17.0 Å². The molecule has 1 aliphatic carbocycles. The van der Waals surface area contributed by atoms with E-state index in [0.29, 0.717) is 12.0 Å². The fraction of sp³-hybridized carbons (Fsp3) is 0.286. The van der Waals surface area contributed by atoms with Crippen molar-refractivity contribution >= 4 is 17.6 Å². The van der Waals surface area contributed by atoms with E-state index in [1.807, 2.05) is 6.92 Å². The molecule has 2 N–H and O–H groups in total. The minimum Gasteiger partial charge on any atom is -0.478 e. The van der Waals surface area contributed by atoms with E-state index in [4.69, 9.17) is 5.11 Å². The second-order valence-electron chi connectivity index (χ2n) is 4.57. The Morgan fingerprint density at radius 2 is 2.05 bits per heavy atom. The normalized spacial score (nSPS) is 14.6. The van der Waals surface area contributed by atoms with Gasteiger partial charge in [0.2, 0.25) is 0 Å². The summed E-state index contributed by atoms with van der Waals surface area (Å²) < 4.78 is 13.6. The summed E-state index contributed by atoms with van der Waals surface area (Å²) in [6.07, 6.45) is 2.48. The number of amides is 1. The molecule has 19 heavy (non-hydrogen) atoms. The lowest BCUT2D eigenvalue weighted by Gasteiger charge is -2.08. The monoisotopic (exact) mass is 263 g/mol. The third-order valence-electron chi connectivity index (χ3n) is 3.23. The number of carbonyl (C=O) groups excluding carboxylic acids is 1. The van der Waals surface area contributed by atoms with E-state index in [2.05, 4.69) is 5.32 Å². The fourth-order valence-electron chi connectivity index (χ4n) is 2.15. The van der Waals surface area contributed by atoms with Gasteiger partial charge in [-0.1, -0.05) is 5.57 Å². The van der Waals surface area contributed by atoms with Crippen molar-refractivity contribution in [3.8, 4) is 0 Å². The number of carboxylic acid groups (broad SMARTS) is 1. The SMILES string of the molecule is CC1=C(C(=O)Nc2cc(C(=O)O)ccc2F)CCC1. The van der Waals surface area contributed by atoms with E-state index in [-0.39, 0.29) is 17.2 Å². The van der Waals surface area contributed by atoms with Gasteiger partial charge in [-0.15, -0.1) is 0 Å². The van der Waals surface area contributed by atoms with Gasteiger partial charge in [-0.05, 0) is 44.4 Å². The Kier molecular flexibility index (Phi) is 3.64. The fourth-order valence-corrected chi connectivity index (χ4v) is 2.15.